The van der Waals surface area contributed by atoms with E-state index in [9.17, 15) is 14.4 Å². The summed E-state index contributed by atoms with van der Waals surface area (Å²) in [6.45, 7) is 2.03. The summed E-state index contributed by atoms with van der Waals surface area (Å²) in [5.41, 5.74) is 1.12. The molecule has 7 heteroatoms. The molecule has 25 heavy (non-hydrogen) atoms. The van der Waals surface area contributed by atoms with Crippen molar-refractivity contribution >= 4 is 35.2 Å². The lowest BCUT2D eigenvalue weighted by molar-refractivity contribution is -0.135. The fraction of sp³-hybridized carbons (Fsp3) is 0.500. The third kappa shape index (κ3) is 3.13. The van der Waals surface area contributed by atoms with Gasteiger partial charge in [0.25, 0.3) is 5.91 Å². The van der Waals surface area contributed by atoms with E-state index < -0.39 is 6.04 Å². The number of fused-ring (bicyclic) bond motifs is 1. The highest BCUT2D eigenvalue weighted by atomic mass is 32.2. The fourth-order valence-corrected chi connectivity index (χ4v) is 4.91. The van der Waals surface area contributed by atoms with Crippen molar-refractivity contribution < 1.29 is 14.4 Å². The summed E-state index contributed by atoms with van der Waals surface area (Å²) in [6, 6.07) is 6.78. The predicted molar refractivity (Wildman–Crippen MR) is 96.3 cm³/mol. The Labute approximate surface area is 150 Å². The molecule has 3 aliphatic rings. The second-order valence-electron chi connectivity index (χ2n) is 7.08. The molecule has 0 aromatic heterocycles. The van der Waals surface area contributed by atoms with Gasteiger partial charge < -0.3 is 15.5 Å². The third-order valence-electron chi connectivity index (χ3n) is 5.05. The molecule has 2 heterocycles. The average molecular weight is 359 g/mol. The minimum atomic E-state index is -0.450. The van der Waals surface area contributed by atoms with Gasteiger partial charge in [-0.1, -0.05) is 6.07 Å². The van der Waals surface area contributed by atoms with E-state index in [0.29, 0.717) is 29.5 Å². The number of carbonyl (C=O) groups is 3. The van der Waals surface area contributed by atoms with Gasteiger partial charge in [-0.3, -0.25) is 14.4 Å². The van der Waals surface area contributed by atoms with Crippen molar-refractivity contribution in [1.29, 1.82) is 0 Å². The molecule has 0 radical (unpaired) electrons. The lowest BCUT2D eigenvalue weighted by Crippen LogP contribution is -2.48. The molecule has 1 aromatic rings. The van der Waals surface area contributed by atoms with E-state index in [1.165, 1.54) is 0 Å². The van der Waals surface area contributed by atoms with E-state index >= 15 is 0 Å². The molecule has 6 nitrogen and oxygen atoms in total. The number of rotatable bonds is 4. The van der Waals surface area contributed by atoms with Gasteiger partial charge in [-0.05, 0) is 44.4 Å². The van der Waals surface area contributed by atoms with Crippen molar-refractivity contribution in [3.8, 4) is 0 Å². The summed E-state index contributed by atoms with van der Waals surface area (Å²) in [7, 11) is 0. The van der Waals surface area contributed by atoms with E-state index in [1.807, 2.05) is 6.92 Å². The van der Waals surface area contributed by atoms with E-state index in [-0.39, 0.29) is 22.6 Å². The zero-order valence-electron chi connectivity index (χ0n) is 14.1. The van der Waals surface area contributed by atoms with Gasteiger partial charge in [-0.2, -0.15) is 0 Å². The van der Waals surface area contributed by atoms with Crippen LogP contribution < -0.4 is 10.6 Å². The highest BCUT2D eigenvalue weighted by Gasteiger charge is 2.52. The molecule has 2 aliphatic heterocycles. The highest BCUT2D eigenvalue weighted by molar-refractivity contribution is 8.01. The van der Waals surface area contributed by atoms with Crippen molar-refractivity contribution in [3.63, 3.8) is 0 Å². The minimum absolute atomic E-state index is 0.0465. The lowest BCUT2D eigenvalue weighted by Gasteiger charge is -2.29. The minimum Gasteiger partial charge on any atom is -0.349 e. The lowest BCUT2D eigenvalue weighted by atomic mass is 10.1. The molecular formula is C18H21N3O3S. The van der Waals surface area contributed by atoms with Crippen LogP contribution in [-0.2, 0) is 9.59 Å². The quantitative estimate of drug-likeness (QED) is 0.862. The van der Waals surface area contributed by atoms with Crippen molar-refractivity contribution in [2.24, 2.45) is 0 Å². The van der Waals surface area contributed by atoms with Crippen molar-refractivity contribution in [2.75, 3.05) is 11.1 Å². The summed E-state index contributed by atoms with van der Waals surface area (Å²) < 4.78 is 0. The van der Waals surface area contributed by atoms with Gasteiger partial charge in [0.2, 0.25) is 11.8 Å². The molecule has 132 valence electrons. The van der Waals surface area contributed by atoms with Gasteiger partial charge in [0.1, 0.15) is 6.04 Å². The molecular weight excluding hydrogens is 338 g/mol. The summed E-state index contributed by atoms with van der Waals surface area (Å²) in [5.74, 6) is 0.351. The molecule has 2 atom stereocenters. The van der Waals surface area contributed by atoms with E-state index in [4.69, 9.17) is 0 Å². The number of nitrogens with one attached hydrogen (secondary N) is 2. The number of anilines is 1. The van der Waals surface area contributed by atoms with Crippen molar-refractivity contribution in [3.05, 3.63) is 29.8 Å². The van der Waals surface area contributed by atoms with Crippen LogP contribution in [0.1, 0.15) is 43.0 Å². The standard InChI is InChI=1S/C18H21N3O3S/c1-18-8-7-15(22)21(18)14(10-25-18)17(24)20-13-4-2-3-11(9-13)16(23)19-12-5-6-12/h2-4,9,12,14H,5-8,10H2,1H3,(H,19,23)(H,20,24)/t14-,18-/m0/s1. The summed E-state index contributed by atoms with van der Waals surface area (Å²) >= 11 is 1.67. The maximum absolute atomic E-state index is 12.7. The van der Waals surface area contributed by atoms with E-state index in [0.717, 1.165) is 19.3 Å². The Morgan fingerprint density at radius 1 is 1.32 bits per heavy atom. The van der Waals surface area contributed by atoms with Crippen LogP contribution in [0.3, 0.4) is 0 Å². The Morgan fingerprint density at radius 2 is 2.12 bits per heavy atom. The van der Waals surface area contributed by atoms with Crippen LogP contribution in [0.4, 0.5) is 5.69 Å². The molecule has 2 N–H and O–H groups in total. The fourth-order valence-electron chi connectivity index (χ4n) is 3.47. The van der Waals surface area contributed by atoms with Gasteiger partial charge in [-0.15, -0.1) is 11.8 Å². The Hall–Kier alpha value is -2.02. The number of hydrogen-bond acceptors (Lipinski definition) is 4. The molecule has 4 rings (SSSR count). The third-order valence-corrected chi connectivity index (χ3v) is 6.56. The Bertz CT molecular complexity index is 749. The van der Waals surface area contributed by atoms with Crippen LogP contribution in [0.2, 0.25) is 0 Å². The molecule has 0 spiro atoms. The van der Waals surface area contributed by atoms with Crippen molar-refractivity contribution in [1.82, 2.24) is 10.2 Å². The molecule has 2 saturated heterocycles. The monoisotopic (exact) mass is 359 g/mol. The van der Waals surface area contributed by atoms with Crippen LogP contribution >= 0.6 is 11.8 Å². The topological polar surface area (TPSA) is 78.5 Å². The highest BCUT2D eigenvalue weighted by Crippen LogP contribution is 2.47. The average Bonchev–Trinajstić information content (AvgIpc) is 3.26. The summed E-state index contributed by atoms with van der Waals surface area (Å²) in [4.78, 5) is 38.5. The zero-order chi connectivity index (χ0) is 17.6. The second-order valence-corrected chi connectivity index (χ2v) is 8.58. The molecule has 1 saturated carbocycles. The Balaban J connectivity index is 1.46. The normalized spacial score (nSPS) is 28.0. The van der Waals surface area contributed by atoms with Gasteiger partial charge >= 0.3 is 0 Å². The van der Waals surface area contributed by atoms with Crippen LogP contribution in [0.15, 0.2) is 24.3 Å². The summed E-state index contributed by atoms with van der Waals surface area (Å²) in [5, 5.41) is 5.81. The number of thioether (sulfide) groups is 1. The Morgan fingerprint density at radius 3 is 2.88 bits per heavy atom. The SMILES string of the molecule is C[C@]12CCC(=O)N1[C@H](C(=O)Nc1cccc(C(=O)NC3CC3)c1)CS2. The molecule has 1 aliphatic carbocycles. The first-order valence-corrected chi connectivity index (χ1v) is 9.63. The largest absolute Gasteiger partial charge is 0.349 e. The number of carbonyl (C=O) groups excluding carboxylic acids is 3. The van der Waals surface area contributed by atoms with Gasteiger partial charge in [0.05, 0.1) is 4.87 Å². The van der Waals surface area contributed by atoms with Crippen molar-refractivity contribution in [2.45, 2.75) is 49.6 Å². The van der Waals surface area contributed by atoms with E-state index in [2.05, 4.69) is 10.6 Å². The number of amides is 3. The van der Waals surface area contributed by atoms with Crippen LogP contribution in [0.25, 0.3) is 0 Å². The van der Waals surface area contributed by atoms with Gasteiger partial charge in [-0.25, -0.2) is 0 Å². The molecule has 3 amide bonds. The second kappa shape index (κ2) is 6.05. The number of hydrogen-bond donors (Lipinski definition) is 2. The zero-order valence-corrected chi connectivity index (χ0v) is 14.9. The first-order valence-electron chi connectivity index (χ1n) is 8.64. The van der Waals surface area contributed by atoms with Crippen LogP contribution in [-0.4, -0.2) is 45.3 Å². The smallest absolute Gasteiger partial charge is 0.251 e. The van der Waals surface area contributed by atoms with E-state index in [1.54, 1.807) is 40.9 Å². The molecule has 1 aromatic carbocycles. The van der Waals surface area contributed by atoms with Gasteiger partial charge in [0, 0.05) is 29.5 Å². The van der Waals surface area contributed by atoms with Crippen LogP contribution in [0.5, 0.6) is 0 Å². The number of nitrogens with zero attached hydrogens (tertiary/aromatic N) is 1. The first kappa shape index (κ1) is 16.4. The summed E-state index contributed by atoms with van der Waals surface area (Å²) in [6.07, 6.45) is 3.36. The maximum atomic E-state index is 12.7. The molecule has 0 bridgehead atoms. The first-order chi connectivity index (χ1) is 12.0. The Kier molecular flexibility index (Phi) is 3.98. The number of benzene rings is 1. The molecule has 3 fully saturated rings. The predicted octanol–water partition coefficient (Wildman–Crippen LogP) is 1.97. The van der Waals surface area contributed by atoms with Crippen LogP contribution in [0, 0.1) is 0 Å². The maximum Gasteiger partial charge on any atom is 0.251 e. The molecule has 0 unspecified atom stereocenters. The van der Waals surface area contributed by atoms with Gasteiger partial charge in [0.15, 0.2) is 0 Å².